The molecule has 78 valence electrons. The standard InChI is InChI=1S/C10H14O4/c1-13-9(11)7-3-5(7)6-4-8(6)10(12)14-2/h5-8H,3-4H2,1-2H3. The molecule has 2 fully saturated rings. The lowest BCUT2D eigenvalue weighted by atomic mass is 10.2. The van der Waals surface area contributed by atoms with Gasteiger partial charge in [-0.15, -0.1) is 0 Å². The number of carbonyl (C=O) groups is 2. The van der Waals surface area contributed by atoms with Crippen molar-refractivity contribution < 1.29 is 19.1 Å². The summed E-state index contributed by atoms with van der Waals surface area (Å²) < 4.78 is 9.30. The molecule has 2 saturated carbocycles. The van der Waals surface area contributed by atoms with Crippen molar-refractivity contribution in [3.63, 3.8) is 0 Å². The molecule has 0 saturated heterocycles. The number of rotatable bonds is 3. The normalized spacial score (nSPS) is 38.7. The number of carbonyl (C=O) groups excluding carboxylic acids is 2. The summed E-state index contributed by atoms with van der Waals surface area (Å²) in [6.45, 7) is 0. The maximum absolute atomic E-state index is 11.1. The van der Waals surface area contributed by atoms with Gasteiger partial charge in [0.2, 0.25) is 0 Å². The maximum Gasteiger partial charge on any atom is 0.308 e. The fourth-order valence-corrected chi connectivity index (χ4v) is 2.22. The van der Waals surface area contributed by atoms with Crippen molar-refractivity contribution in [2.75, 3.05) is 14.2 Å². The Labute approximate surface area is 82.6 Å². The number of ether oxygens (including phenoxy) is 2. The van der Waals surface area contributed by atoms with Gasteiger partial charge in [-0.05, 0) is 24.7 Å². The molecular weight excluding hydrogens is 184 g/mol. The lowest BCUT2D eigenvalue weighted by molar-refractivity contribution is -0.144. The molecule has 0 radical (unpaired) electrons. The Morgan fingerprint density at radius 1 is 0.929 bits per heavy atom. The summed E-state index contributed by atoms with van der Waals surface area (Å²) in [5.41, 5.74) is 0. The molecule has 0 aromatic carbocycles. The number of esters is 2. The molecule has 0 aliphatic heterocycles. The second-order valence-electron chi connectivity index (χ2n) is 4.06. The van der Waals surface area contributed by atoms with Crippen molar-refractivity contribution in [3.8, 4) is 0 Å². The zero-order chi connectivity index (χ0) is 10.3. The van der Waals surface area contributed by atoms with E-state index in [4.69, 9.17) is 0 Å². The van der Waals surface area contributed by atoms with Crippen LogP contribution in [0.1, 0.15) is 12.8 Å². The highest BCUT2D eigenvalue weighted by molar-refractivity contribution is 5.78. The summed E-state index contributed by atoms with van der Waals surface area (Å²) in [5, 5.41) is 0. The van der Waals surface area contributed by atoms with E-state index in [1.165, 1.54) is 14.2 Å². The molecule has 0 heterocycles. The Kier molecular flexibility index (Phi) is 2.21. The second kappa shape index (κ2) is 3.26. The highest BCUT2D eigenvalue weighted by Gasteiger charge is 2.59. The third kappa shape index (κ3) is 1.49. The van der Waals surface area contributed by atoms with Gasteiger partial charge in [-0.1, -0.05) is 0 Å². The van der Waals surface area contributed by atoms with Crippen molar-refractivity contribution in [2.24, 2.45) is 23.7 Å². The summed E-state index contributed by atoms with van der Waals surface area (Å²) in [7, 11) is 2.81. The van der Waals surface area contributed by atoms with E-state index < -0.39 is 0 Å². The van der Waals surface area contributed by atoms with Gasteiger partial charge in [0.05, 0.1) is 26.1 Å². The topological polar surface area (TPSA) is 52.6 Å². The molecule has 4 nitrogen and oxygen atoms in total. The molecule has 2 aliphatic carbocycles. The summed E-state index contributed by atoms with van der Waals surface area (Å²) >= 11 is 0. The van der Waals surface area contributed by atoms with Gasteiger partial charge in [0.1, 0.15) is 0 Å². The molecule has 0 aromatic heterocycles. The highest BCUT2D eigenvalue weighted by Crippen LogP contribution is 2.58. The minimum atomic E-state index is -0.134. The first-order chi connectivity index (χ1) is 6.69. The van der Waals surface area contributed by atoms with Crippen molar-refractivity contribution in [1.29, 1.82) is 0 Å². The van der Waals surface area contributed by atoms with Crippen LogP contribution in [0, 0.1) is 23.7 Å². The zero-order valence-electron chi connectivity index (χ0n) is 8.36. The molecule has 0 bridgehead atoms. The van der Waals surface area contributed by atoms with Crippen LogP contribution in [0.4, 0.5) is 0 Å². The number of hydrogen-bond donors (Lipinski definition) is 0. The van der Waals surface area contributed by atoms with E-state index in [0.717, 1.165) is 12.8 Å². The minimum Gasteiger partial charge on any atom is -0.469 e. The third-order valence-corrected chi connectivity index (χ3v) is 3.24. The van der Waals surface area contributed by atoms with Crippen molar-refractivity contribution in [1.82, 2.24) is 0 Å². The quantitative estimate of drug-likeness (QED) is 0.623. The van der Waals surface area contributed by atoms with Crippen LogP contribution in [-0.2, 0) is 19.1 Å². The Balaban J connectivity index is 1.80. The highest BCUT2D eigenvalue weighted by atomic mass is 16.5. The maximum atomic E-state index is 11.1. The van der Waals surface area contributed by atoms with Crippen LogP contribution >= 0.6 is 0 Å². The van der Waals surface area contributed by atoms with E-state index >= 15 is 0 Å². The van der Waals surface area contributed by atoms with Crippen LogP contribution in [0.15, 0.2) is 0 Å². The zero-order valence-corrected chi connectivity index (χ0v) is 8.36. The number of hydrogen-bond acceptors (Lipinski definition) is 4. The van der Waals surface area contributed by atoms with Crippen LogP contribution < -0.4 is 0 Å². The fourth-order valence-electron chi connectivity index (χ4n) is 2.22. The van der Waals surface area contributed by atoms with E-state index in [-0.39, 0.29) is 23.8 Å². The van der Waals surface area contributed by atoms with E-state index in [1.54, 1.807) is 0 Å². The molecule has 2 rings (SSSR count). The summed E-state index contributed by atoms with van der Waals surface area (Å²) in [6, 6.07) is 0. The SMILES string of the molecule is COC(=O)C1CC1C1CC1C(=O)OC. The molecule has 0 aromatic rings. The molecular formula is C10H14O4. The van der Waals surface area contributed by atoms with Gasteiger partial charge in [-0.25, -0.2) is 0 Å². The molecule has 0 spiro atoms. The van der Waals surface area contributed by atoms with Gasteiger partial charge >= 0.3 is 11.9 Å². The first kappa shape index (κ1) is 9.49. The van der Waals surface area contributed by atoms with E-state index in [0.29, 0.717) is 11.8 Å². The predicted octanol–water partition coefficient (Wildman–Crippen LogP) is 0.605. The molecule has 0 amide bonds. The monoisotopic (exact) mass is 198 g/mol. The number of methoxy groups -OCH3 is 2. The Morgan fingerprint density at radius 3 is 1.57 bits per heavy atom. The molecule has 14 heavy (non-hydrogen) atoms. The van der Waals surface area contributed by atoms with Crippen molar-refractivity contribution in [2.45, 2.75) is 12.8 Å². The Morgan fingerprint density at radius 2 is 1.29 bits per heavy atom. The average molecular weight is 198 g/mol. The van der Waals surface area contributed by atoms with Crippen LogP contribution in [0.2, 0.25) is 0 Å². The average Bonchev–Trinajstić information content (AvgIpc) is 3.03. The van der Waals surface area contributed by atoms with Gasteiger partial charge in [0, 0.05) is 0 Å². The van der Waals surface area contributed by atoms with Gasteiger partial charge in [-0.2, -0.15) is 0 Å². The van der Waals surface area contributed by atoms with Crippen LogP contribution in [-0.4, -0.2) is 26.2 Å². The van der Waals surface area contributed by atoms with E-state index in [9.17, 15) is 9.59 Å². The van der Waals surface area contributed by atoms with Crippen molar-refractivity contribution >= 4 is 11.9 Å². The minimum absolute atomic E-state index is 0.0413. The third-order valence-electron chi connectivity index (χ3n) is 3.24. The first-order valence-electron chi connectivity index (χ1n) is 4.84. The lowest BCUT2D eigenvalue weighted by Gasteiger charge is -1.98. The van der Waals surface area contributed by atoms with Crippen LogP contribution in [0.25, 0.3) is 0 Å². The van der Waals surface area contributed by atoms with Gasteiger partial charge < -0.3 is 9.47 Å². The van der Waals surface area contributed by atoms with Gasteiger partial charge in [-0.3, -0.25) is 9.59 Å². The largest absolute Gasteiger partial charge is 0.469 e. The molecule has 4 atom stereocenters. The van der Waals surface area contributed by atoms with Gasteiger partial charge in [0.25, 0.3) is 0 Å². The molecule has 0 N–H and O–H groups in total. The molecule has 4 unspecified atom stereocenters. The van der Waals surface area contributed by atoms with E-state index in [2.05, 4.69) is 9.47 Å². The molecule has 4 heteroatoms. The Bertz CT molecular complexity index is 245. The van der Waals surface area contributed by atoms with Crippen LogP contribution in [0.5, 0.6) is 0 Å². The predicted molar refractivity (Wildman–Crippen MR) is 47.2 cm³/mol. The second-order valence-corrected chi connectivity index (χ2v) is 4.06. The fraction of sp³-hybridized carbons (Fsp3) is 0.800. The Hall–Kier alpha value is -1.06. The first-order valence-corrected chi connectivity index (χ1v) is 4.84. The smallest absolute Gasteiger partial charge is 0.308 e. The summed E-state index contributed by atoms with van der Waals surface area (Å²) in [5.74, 6) is 0.549. The van der Waals surface area contributed by atoms with E-state index in [1.807, 2.05) is 0 Å². The lowest BCUT2D eigenvalue weighted by Crippen LogP contribution is -2.08. The molecule has 2 aliphatic rings. The van der Waals surface area contributed by atoms with Crippen molar-refractivity contribution in [3.05, 3.63) is 0 Å². The summed E-state index contributed by atoms with van der Waals surface area (Å²) in [6.07, 6.45) is 1.76. The van der Waals surface area contributed by atoms with Gasteiger partial charge in [0.15, 0.2) is 0 Å². The van der Waals surface area contributed by atoms with Crippen LogP contribution in [0.3, 0.4) is 0 Å². The summed E-state index contributed by atoms with van der Waals surface area (Å²) in [4.78, 5) is 22.2.